The maximum atomic E-state index is 10.9. The van der Waals surface area contributed by atoms with Crippen LogP contribution in [0.15, 0.2) is 42.7 Å². The van der Waals surface area contributed by atoms with Gasteiger partial charge in [0.25, 0.3) is 0 Å². The van der Waals surface area contributed by atoms with E-state index in [0.29, 0.717) is 16.9 Å². The van der Waals surface area contributed by atoms with E-state index >= 15 is 0 Å². The molecule has 2 aromatic heterocycles. The third-order valence-corrected chi connectivity index (χ3v) is 3.40. The van der Waals surface area contributed by atoms with E-state index in [1.54, 1.807) is 24.5 Å². The van der Waals surface area contributed by atoms with Crippen molar-refractivity contribution in [2.75, 3.05) is 5.73 Å². The molecule has 0 aliphatic rings. The van der Waals surface area contributed by atoms with E-state index in [-0.39, 0.29) is 0 Å². The Morgan fingerprint density at radius 3 is 2.77 bits per heavy atom. The zero-order chi connectivity index (χ0) is 15.5. The van der Waals surface area contributed by atoms with Gasteiger partial charge in [0.05, 0.1) is 5.56 Å². The third-order valence-electron chi connectivity index (χ3n) is 3.40. The quantitative estimate of drug-likeness (QED) is 0.552. The molecule has 3 rings (SSSR count). The minimum absolute atomic E-state index is 0.389. The highest BCUT2D eigenvalue weighted by Gasteiger charge is 2.04. The van der Waals surface area contributed by atoms with Crippen molar-refractivity contribution in [3.8, 4) is 11.8 Å². The van der Waals surface area contributed by atoms with Crippen LogP contribution in [-0.4, -0.2) is 16.3 Å². The van der Waals surface area contributed by atoms with Crippen molar-refractivity contribution in [2.45, 2.75) is 6.92 Å². The van der Waals surface area contributed by atoms with Gasteiger partial charge in [-0.05, 0) is 30.7 Å². The van der Waals surface area contributed by atoms with E-state index in [1.165, 1.54) is 0 Å². The normalized spacial score (nSPS) is 10.0. The first kappa shape index (κ1) is 13.8. The minimum Gasteiger partial charge on any atom is -0.382 e. The monoisotopic (exact) mass is 287 g/mol. The molecule has 0 saturated heterocycles. The average molecular weight is 287 g/mol. The lowest BCUT2D eigenvalue weighted by molar-refractivity contribution is 0.112. The van der Waals surface area contributed by atoms with Crippen molar-refractivity contribution >= 4 is 23.0 Å². The number of aromatic nitrogens is 2. The van der Waals surface area contributed by atoms with Gasteiger partial charge in [0.1, 0.15) is 17.6 Å². The van der Waals surface area contributed by atoms with Crippen LogP contribution in [0.1, 0.15) is 27.0 Å². The molecule has 0 fully saturated rings. The molecule has 0 saturated carbocycles. The summed E-state index contributed by atoms with van der Waals surface area (Å²) in [5, 5.41) is 0.867. The molecule has 0 aliphatic heterocycles. The lowest BCUT2D eigenvalue weighted by Crippen LogP contribution is -1.95. The Morgan fingerprint density at radius 1 is 1.14 bits per heavy atom. The second kappa shape index (κ2) is 5.66. The molecular formula is C18H13N3O. The Morgan fingerprint density at radius 2 is 1.95 bits per heavy atom. The molecule has 0 amide bonds. The zero-order valence-corrected chi connectivity index (χ0v) is 12.0. The zero-order valence-electron chi connectivity index (χ0n) is 12.0. The van der Waals surface area contributed by atoms with Gasteiger partial charge in [0.2, 0.25) is 0 Å². The fourth-order valence-electron chi connectivity index (χ4n) is 2.17. The molecule has 0 aliphatic carbocycles. The Kier molecular flexibility index (Phi) is 3.55. The van der Waals surface area contributed by atoms with Gasteiger partial charge in [0, 0.05) is 28.9 Å². The van der Waals surface area contributed by atoms with Crippen molar-refractivity contribution in [3.63, 3.8) is 0 Å². The van der Waals surface area contributed by atoms with Crippen LogP contribution in [0.3, 0.4) is 0 Å². The van der Waals surface area contributed by atoms with E-state index in [4.69, 9.17) is 5.73 Å². The summed E-state index contributed by atoms with van der Waals surface area (Å²) in [5.74, 6) is 6.59. The number of rotatable bonds is 1. The minimum atomic E-state index is 0.389. The van der Waals surface area contributed by atoms with Gasteiger partial charge >= 0.3 is 0 Å². The van der Waals surface area contributed by atoms with Crippen LogP contribution in [0.25, 0.3) is 10.9 Å². The number of pyridine rings is 2. The Hall–Kier alpha value is -3.19. The van der Waals surface area contributed by atoms with Gasteiger partial charge in [-0.2, -0.15) is 0 Å². The summed E-state index contributed by atoms with van der Waals surface area (Å²) in [4.78, 5) is 19.2. The Bertz CT molecular complexity index is 936. The van der Waals surface area contributed by atoms with Gasteiger partial charge < -0.3 is 5.73 Å². The van der Waals surface area contributed by atoms with Gasteiger partial charge in [-0.25, -0.2) is 4.98 Å². The Labute approximate surface area is 128 Å². The van der Waals surface area contributed by atoms with Crippen LogP contribution in [-0.2, 0) is 0 Å². The topological polar surface area (TPSA) is 68.9 Å². The molecule has 3 aromatic rings. The molecule has 4 nitrogen and oxygen atoms in total. The number of anilines is 1. The van der Waals surface area contributed by atoms with Crippen molar-refractivity contribution in [3.05, 3.63) is 65.0 Å². The van der Waals surface area contributed by atoms with E-state index in [2.05, 4.69) is 21.8 Å². The molecule has 2 N–H and O–H groups in total. The summed E-state index contributed by atoms with van der Waals surface area (Å²) in [7, 11) is 0. The molecule has 22 heavy (non-hydrogen) atoms. The van der Waals surface area contributed by atoms with E-state index in [9.17, 15) is 4.79 Å². The molecule has 2 heterocycles. The number of nitrogens with two attached hydrogens (primary N) is 1. The van der Waals surface area contributed by atoms with Gasteiger partial charge in [-0.1, -0.05) is 24.0 Å². The van der Waals surface area contributed by atoms with Crippen molar-refractivity contribution < 1.29 is 4.79 Å². The molecule has 0 radical (unpaired) electrons. The predicted octanol–water partition coefficient (Wildman–Crippen LogP) is 2.73. The number of aryl methyl sites for hydroxylation is 1. The number of carbonyl (C=O) groups excluding carboxylic acids is 1. The van der Waals surface area contributed by atoms with Crippen LogP contribution < -0.4 is 5.73 Å². The highest BCUT2D eigenvalue weighted by Crippen LogP contribution is 2.19. The summed E-state index contributed by atoms with van der Waals surface area (Å²) < 4.78 is 0. The average Bonchev–Trinajstić information content (AvgIpc) is 2.56. The number of nitrogen functional groups attached to an aromatic ring is 1. The van der Waals surface area contributed by atoms with Gasteiger partial charge in [0.15, 0.2) is 0 Å². The van der Waals surface area contributed by atoms with Crippen LogP contribution in [0, 0.1) is 18.8 Å². The maximum Gasteiger partial charge on any atom is 0.150 e. The molecular weight excluding hydrogens is 274 g/mol. The number of fused-ring (bicyclic) bond motifs is 1. The molecule has 106 valence electrons. The third kappa shape index (κ3) is 2.52. The smallest absolute Gasteiger partial charge is 0.150 e. The molecule has 1 aromatic carbocycles. The van der Waals surface area contributed by atoms with Crippen molar-refractivity contribution in [2.24, 2.45) is 0 Å². The molecule has 0 atom stereocenters. The van der Waals surface area contributed by atoms with E-state index < -0.39 is 0 Å². The number of benzene rings is 1. The van der Waals surface area contributed by atoms with E-state index in [0.717, 1.165) is 28.4 Å². The van der Waals surface area contributed by atoms with Crippen LogP contribution >= 0.6 is 0 Å². The second-order valence-corrected chi connectivity index (χ2v) is 4.90. The molecule has 0 spiro atoms. The SMILES string of the molecule is Cc1ccc(C=O)cc1C#Cc1cnc(N)c2ncccc12. The highest BCUT2D eigenvalue weighted by atomic mass is 16.1. The standard InChI is InChI=1S/C18H13N3O/c1-12-4-5-13(11-22)9-14(12)6-7-15-10-21-18(19)17-16(15)3-2-8-20-17/h2-5,8-11H,1H3,(H2,19,21). The number of aldehydes is 1. The first-order chi connectivity index (χ1) is 10.7. The van der Waals surface area contributed by atoms with E-state index in [1.807, 2.05) is 25.1 Å². The number of nitrogens with zero attached hydrogens (tertiary/aromatic N) is 2. The molecule has 4 heteroatoms. The number of hydrogen-bond acceptors (Lipinski definition) is 4. The van der Waals surface area contributed by atoms with Crippen LogP contribution in [0.2, 0.25) is 0 Å². The fraction of sp³-hybridized carbons (Fsp3) is 0.0556. The summed E-state index contributed by atoms with van der Waals surface area (Å²) in [5.41, 5.74) is 9.68. The first-order valence-corrected chi connectivity index (χ1v) is 6.76. The summed E-state index contributed by atoms with van der Waals surface area (Å²) in [6, 6.07) is 9.19. The van der Waals surface area contributed by atoms with Gasteiger partial charge in [-0.3, -0.25) is 9.78 Å². The summed E-state index contributed by atoms with van der Waals surface area (Å²) in [6.45, 7) is 1.96. The van der Waals surface area contributed by atoms with Crippen LogP contribution in [0.4, 0.5) is 5.82 Å². The predicted molar refractivity (Wildman–Crippen MR) is 86.5 cm³/mol. The lowest BCUT2D eigenvalue weighted by Gasteiger charge is -2.02. The first-order valence-electron chi connectivity index (χ1n) is 6.76. The van der Waals surface area contributed by atoms with Gasteiger partial charge in [-0.15, -0.1) is 0 Å². The summed E-state index contributed by atoms with van der Waals surface area (Å²) >= 11 is 0. The molecule has 0 unspecified atom stereocenters. The Balaban J connectivity index is 2.12. The van der Waals surface area contributed by atoms with Crippen molar-refractivity contribution in [1.29, 1.82) is 0 Å². The highest BCUT2D eigenvalue weighted by molar-refractivity contribution is 5.91. The maximum absolute atomic E-state index is 10.9. The summed E-state index contributed by atoms with van der Waals surface area (Å²) in [6.07, 6.45) is 4.13. The number of carbonyl (C=O) groups is 1. The fourth-order valence-corrected chi connectivity index (χ4v) is 2.17. The van der Waals surface area contributed by atoms with Crippen molar-refractivity contribution in [1.82, 2.24) is 9.97 Å². The van der Waals surface area contributed by atoms with Crippen LogP contribution in [0.5, 0.6) is 0 Å². The second-order valence-electron chi connectivity index (χ2n) is 4.90. The number of hydrogen-bond donors (Lipinski definition) is 1. The lowest BCUT2D eigenvalue weighted by atomic mass is 10.0. The largest absolute Gasteiger partial charge is 0.382 e. The molecule has 0 bridgehead atoms.